The van der Waals surface area contributed by atoms with E-state index in [0.717, 1.165) is 33.5 Å². The number of hydrogen-bond acceptors (Lipinski definition) is 3. The van der Waals surface area contributed by atoms with Crippen molar-refractivity contribution in [2.45, 2.75) is 6.92 Å². The largest absolute Gasteiger partial charge is 0.457 e. The minimum Gasteiger partial charge on any atom is -0.457 e. The van der Waals surface area contributed by atoms with Crippen molar-refractivity contribution in [1.82, 2.24) is 4.98 Å². The number of pyridine rings is 1. The van der Waals surface area contributed by atoms with Gasteiger partial charge in [0, 0.05) is 16.6 Å². The van der Waals surface area contributed by atoms with E-state index < -0.39 is 0 Å². The number of aromatic nitrogens is 1. The standard InChI is InChI=1S/C29H22N2O2/c1-20-9-5-6-12-24(20)28-19-26(25-13-7-8-14-27(25)31-28)29(32)30-21-15-17-23(18-16-21)33-22-10-3-2-4-11-22/h2-19H,1H3,(H,30,32). The van der Waals surface area contributed by atoms with Crippen LogP contribution in [0.25, 0.3) is 22.2 Å². The number of ether oxygens (including phenoxy) is 1. The molecule has 0 aliphatic heterocycles. The number of amides is 1. The van der Waals surface area contributed by atoms with Crippen LogP contribution in [-0.2, 0) is 0 Å². The predicted octanol–water partition coefficient (Wildman–Crippen LogP) is 7.25. The molecular weight excluding hydrogens is 408 g/mol. The summed E-state index contributed by atoms with van der Waals surface area (Å²) in [5.41, 5.74) is 4.97. The topological polar surface area (TPSA) is 51.2 Å². The summed E-state index contributed by atoms with van der Waals surface area (Å²) in [4.78, 5) is 18.1. The van der Waals surface area contributed by atoms with Crippen LogP contribution in [0.4, 0.5) is 5.69 Å². The molecule has 1 amide bonds. The Morgan fingerprint density at radius 3 is 2.21 bits per heavy atom. The van der Waals surface area contributed by atoms with E-state index in [9.17, 15) is 4.79 Å². The molecule has 0 aliphatic rings. The maximum absolute atomic E-state index is 13.3. The van der Waals surface area contributed by atoms with Crippen LogP contribution in [0.2, 0.25) is 0 Å². The molecule has 0 saturated heterocycles. The summed E-state index contributed by atoms with van der Waals surface area (Å²) in [6.45, 7) is 2.05. The summed E-state index contributed by atoms with van der Waals surface area (Å²) >= 11 is 0. The van der Waals surface area contributed by atoms with E-state index in [1.165, 1.54) is 0 Å². The molecule has 5 aromatic rings. The van der Waals surface area contributed by atoms with E-state index in [4.69, 9.17) is 9.72 Å². The highest BCUT2D eigenvalue weighted by Crippen LogP contribution is 2.28. The molecule has 0 saturated carbocycles. The maximum Gasteiger partial charge on any atom is 0.256 e. The Balaban J connectivity index is 1.44. The maximum atomic E-state index is 13.3. The fourth-order valence-corrected chi connectivity index (χ4v) is 3.79. The molecule has 4 nitrogen and oxygen atoms in total. The minimum absolute atomic E-state index is 0.180. The number of anilines is 1. The van der Waals surface area contributed by atoms with E-state index in [0.29, 0.717) is 17.0 Å². The number of benzene rings is 4. The van der Waals surface area contributed by atoms with Crippen molar-refractivity contribution < 1.29 is 9.53 Å². The van der Waals surface area contributed by atoms with E-state index >= 15 is 0 Å². The second-order valence-electron chi connectivity index (χ2n) is 7.78. The normalized spacial score (nSPS) is 10.7. The first-order valence-corrected chi connectivity index (χ1v) is 10.8. The molecule has 1 aromatic heterocycles. The molecule has 0 bridgehead atoms. The summed E-state index contributed by atoms with van der Waals surface area (Å²) in [6, 6.07) is 34.6. The van der Waals surface area contributed by atoms with Crippen LogP contribution in [0.3, 0.4) is 0 Å². The number of carbonyl (C=O) groups excluding carboxylic acids is 1. The zero-order chi connectivity index (χ0) is 22.6. The second kappa shape index (κ2) is 8.97. The smallest absolute Gasteiger partial charge is 0.256 e. The molecule has 0 unspecified atom stereocenters. The SMILES string of the molecule is Cc1ccccc1-c1cc(C(=O)Nc2ccc(Oc3ccccc3)cc2)c2ccccc2n1. The van der Waals surface area contributed by atoms with Gasteiger partial charge in [-0.25, -0.2) is 4.98 Å². The first kappa shape index (κ1) is 20.5. The van der Waals surface area contributed by atoms with Crippen molar-refractivity contribution in [3.05, 3.63) is 120 Å². The van der Waals surface area contributed by atoms with Gasteiger partial charge in [-0.1, -0.05) is 60.7 Å². The first-order chi connectivity index (χ1) is 16.2. The third-order valence-electron chi connectivity index (χ3n) is 5.47. The van der Waals surface area contributed by atoms with Crippen LogP contribution in [0, 0.1) is 6.92 Å². The third-order valence-corrected chi connectivity index (χ3v) is 5.47. The lowest BCUT2D eigenvalue weighted by molar-refractivity contribution is 0.102. The van der Waals surface area contributed by atoms with Gasteiger partial charge in [-0.2, -0.15) is 0 Å². The lowest BCUT2D eigenvalue weighted by atomic mass is 10.0. The fourth-order valence-electron chi connectivity index (χ4n) is 3.79. The number of para-hydroxylation sites is 2. The number of aryl methyl sites for hydroxylation is 1. The Kier molecular flexibility index (Phi) is 5.56. The second-order valence-corrected chi connectivity index (χ2v) is 7.78. The van der Waals surface area contributed by atoms with Crippen LogP contribution >= 0.6 is 0 Å². The van der Waals surface area contributed by atoms with Crippen molar-refractivity contribution in [2.75, 3.05) is 5.32 Å². The van der Waals surface area contributed by atoms with E-state index in [-0.39, 0.29) is 5.91 Å². The van der Waals surface area contributed by atoms with Gasteiger partial charge >= 0.3 is 0 Å². The van der Waals surface area contributed by atoms with Crippen LogP contribution in [0.5, 0.6) is 11.5 Å². The zero-order valence-corrected chi connectivity index (χ0v) is 18.2. The summed E-state index contributed by atoms with van der Waals surface area (Å²) in [5, 5.41) is 3.83. The quantitative estimate of drug-likeness (QED) is 0.319. The number of hydrogen-bond donors (Lipinski definition) is 1. The Morgan fingerprint density at radius 2 is 1.42 bits per heavy atom. The molecule has 0 atom stereocenters. The first-order valence-electron chi connectivity index (χ1n) is 10.8. The molecule has 0 fully saturated rings. The Morgan fingerprint density at radius 1 is 0.758 bits per heavy atom. The summed E-state index contributed by atoms with van der Waals surface area (Å²) < 4.78 is 5.84. The number of carbonyl (C=O) groups is 1. The molecular formula is C29H22N2O2. The molecule has 5 rings (SSSR count). The van der Waals surface area contributed by atoms with Gasteiger partial charge in [-0.3, -0.25) is 4.79 Å². The highest BCUT2D eigenvalue weighted by molar-refractivity contribution is 6.13. The van der Waals surface area contributed by atoms with Gasteiger partial charge in [0.1, 0.15) is 11.5 Å². The zero-order valence-electron chi connectivity index (χ0n) is 18.2. The number of nitrogens with zero attached hydrogens (tertiary/aromatic N) is 1. The average Bonchev–Trinajstić information content (AvgIpc) is 2.85. The Hall–Kier alpha value is -4.44. The molecule has 1 N–H and O–H groups in total. The molecule has 0 spiro atoms. The molecule has 160 valence electrons. The van der Waals surface area contributed by atoms with E-state index in [2.05, 4.69) is 5.32 Å². The van der Waals surface area contributed by atoms with Crippen molar-refractivity contribution in [3.63, 3.8) is 0 Å². The summed E-state index contributed by atoms with van der Waals surface area (Å²) in [7, 11) is 0. The van der Waals surface area contributed by atoms with Gasteiger partial charge in [0.25, 0.3) is 5.91 Å². The third kappa shape index (κ3) is 4.46. The lowest BCUT2D eigenvalue weighted by Gasteiger charge is -2.12. The van der Waals surface area contributed by atoms with Crippen LogP contribution in [0.1, 0.15) is 15.9 Å². The van der Waals surface area contributed by atoms with Crippen molar-refractivity contribution in [1.29, 1.82) is 0 Å². The van der Waals surface area contributed by atoms with Crippen LogP contribution in [0.15, 0.2) is 109 Å². The van der Waals surface area contributed by atoms with Crippen molar-refractivity contribution in [2.24, 2.45) is 0 Å². The van der Waals surface area contributed by atoms with Gasteiger partial charge in [-0.15, -0.1) is 0 Å². The predicted molar refractivity (Wildman–Crippen MR) is 133 cm³/mol. The number of fused-ring (bicyclic) bond motifs is 1. The van der Waals surface area contributed by atoms with E-state index in [1.54, 1.807) is 0 Å². The van der Waals surface area contributed by atoms with Gasteiger partial charge in [-0.05, 0) is 61.0 Å². The minimum atomic E-state index is -0.180. The molecule has 0 radical (unpaired) electrons. The molecule has 4 heteroatoms. The van der Waals surface area contributed by atoms with Gasteiger partial charge in [0.15, 0.2) is 0 Å². The number of nitrogens with one attached hydrogen (secondary N) is 1. The Bertz CT molecular complexity index is 1430. The van der Waals surface area contributed by atoms with Gasteiger partial charge < -0.3 is 10.1 Å². The fraction of sp³-hybridized carbons (Fsp3) is 0.0345. The van der Waals surface area contributed by atoms with Crippen LogP contribution < -0.4 is 10.1 Å². The average molecular weight is 431 g/mol. The molecule has 33 heavy (non-hydrogen) atoms. The van der Waals surface area contributed by atoms with Gasteiger partial charge in [0.2, 0.25) is 0 Å². The monoisotopic (exact) mass is 430 g/mol. The van der Waals surface area contributed by atoms with Gasteiger partial charge in [0.05, 0.1) is 16.8 Å². The molecule has 0 aliphatic carbocycles. The highest BCUT2D eigenvalue weighted by Gasteiger charge is 2.15. The van der Waals surface area contributed by atoms with E-state index in [1.807, 2.05) is 116 Å². The number of rotatable bonds is 5. The highest BCUT2D eigenvalue weighted by atomic mass is 16.5. The summed E-state index contributed by atoms with van der Waals surface area (Å²) in [6.07, 6.45) is 0. The van der Waals surface area contributed by atoms with Crippen LogP contribution in [-0.4, -0.2) is 10.9 Å². The molecule has 1 heterocycles. The Labute approximate surface area is 192 Å². The van der Waals surface area contributed by atoms with Crippen molar-refractivity contribution >= 4 is 22.5 Å². The lowest BCUT2D eigenvalue weighted by Crippen LogP contribution is -2.13. The summed E-state index contributed by atoms with van der Waals surface area (Å²) in [5.74, 6) is 1.29. The molecule has 4 aromatic carbocycles. The van der Waals surface area contributed by atoms with Crippen molar-refractivity contribution in [3.8, 4) is 22.8 Å².